The summed E-state index contributed by atoms with van der Waals surface area (Å²) in [5.74, 6) is 1.52. The molecule has 0 unspecified atom stereocenters. The maximum Gasteiger partial charge on any atom is 0.332 e. The summed E-state index contributed by atoms with van der Waals surface area (Å²) in [4.78, 5) is 2.01. The fraction of sp³-hybridized carbons (Fsp3) is 1.00. The minimum atomic E-state index is -3.15. The Kier molecular flexibility index (Phi) is 13.8. The Morgan fingerprint density at radius 1 is 0.789 bits per heavy atom. The largest absolute Gasteiger partial charge is 0.332 e. The van der Waals surface area contributed by atoms with E-state index in [2.05, 4.69) is 0 Å². The molecule has 0 amide bonds. The summed E-state index contributed by atoms with van der Waals surface area (Å²) >= 11 is 22.5. The van der Waals surface area contributed by atoms with Crippen molar-refractivity contribution < 1.29 is 13.6 Å². The number of alkyl halides is 4. The summed E-state index contributed by atoms with van der Waals surface area (Å²) in [6, 6.07) is 0. The van der Waals surface area contributed by atoms with Gasteiger partial charge in [-0.2, -0.15) is 0 Å². The average molecular weight is 375 g/mol. The number of nitrogens with zero attached hydrogens (tertiary/aromatic N) is 1. The van der Waals surface area contributed by atoms with Gasteiger partial charge in [-0.1, -0.05) is 0 Å². The number of hydrogen-bond donors (Lipinski definition) is 0. The highest BCUT2D eigenvalue weighted by Gasteiger charge is 2.25. The molecule has 9 heteroatoms. The van der Waals surface area contributed by atoms with Gasteiger partial charge in [0.05, 0.1) is 19.4 Å². The van der Waals surface area contributed by atoms with Crippen LogP contribution in [0.3, 0.4) is 0 Å². The first-order valence-electron chi connectivity index (χ1n) is 5.96. The smallest absolute Gasteiger partial charge is 0.307 e. The number of halogens is 4. The molecule has 0 fully saturated rings. The van der Waals surface area contributed by atoms with Crippen LogP contribution in [-0.2, 0) is 13.6 Å². The first kappa shape index (κ1) is 20.3. The first-order valence-corrected chi connectivity index (χ1v) is 9.83. The van der Waals surface area contributed by atoms with Gasteiger partial charge in [-0.3, -0.25) is 4.57 Å². The monoisotopic (exact) mass is 373 g/mol. The minimum absolute atomic E-state index is 0.187. The van der Waals surface area contributed by atoms with Crippen LogP contribution in [0.4, 0.5) is 0 Å². The Bertz CT molecular complexity index is 243. The van der Waals surface area contributed by atoms with Gasteiger partial charge in [0.2, 0.25) is 0 Å². The predicted molar refractivity (Wildman–Crippen MR) is 83.7 cm³/mol. The van der Waals surface area contributed by atoms with Crippen LogP contribution in [0.5, 0.6) is 0 Å². The zero-order valence-corrected chi connectivity index (χ0v) is 14.6. The minimum Gasteiger partial charge on any atom is -0.307 e. The van der Waals surface area contributed by atoms with Gasteiger partial charge in [0, 0.05) is 43.2 Å². The molecule has 0 aliphatic heterocycles. The van der Waals surface area contributed by atoms with Crippen molar-refractivity contribution in [3.63, 3.8) is 0 Å². The number of rotatable bonds is 13. The summed E-state index contributed by atoms with van der Waals surface area (Å²) in [5, 5.41) is 0. The third-order valence-corrected chi connectivity index (χ3v) is 4.77. The molecule has 0 spiro atoms. The average Bonchev–Trinajstić information content (AvgIpc) is 2.41. The molecule has 0 rings (SSSR count). The molecule has 116 valence electrons. The second kappa shape index (κ2) is 13.0. The van der Waals surface area contributed by atoms with Crippen molar-refractivity contribution in [3.8, 4) is 0 Å². The van der Waals surface area contributed by atoms with Gasteiger partial charge in [0.1, 0.15) is 0 Å². The molecule has 0 heterocycles. The summed E-state index contributed by atoms with van der Waals surface area (Å²) in [7, 11) is -3.15. The predicted octanol–water partition coefficient (Wildman–Crippen LogP) is 3.47. The molecule has 19 heavy (non-hydrogen) atoms. The van der Waals surface area contributed by atoms with Gasteiger partial charge < -0.3 is 13.9 Å². The lowest BCUT2D eigenvalue weighted by Crippen LogP contribution is -2.31. The Balaban J connectivity index is 4.31. The summed E-state index contributed by atoms with van der Waals surface area (Å²) in [6.45, 7) is 2.28. The highest BCUT2D eigenvalue weighted by molar-refractivity contribution is 7.53. The van der Waals surface area contributed by atoms with Gasteiger partial charge in [-0.15, -0.1) is 46.4 Å². The van der Waals surface area contributed by atoms with E-state index in [0.29, 0.717) is 31.4 Å². The molecule has 0 aromatic rings. The molecule has 0 aromatic heterocycles. The third kappa shape index (κ3) is 10.6. The third-order valence-electron chi connectivity index (χ3n) is 2.22. The topological polar surface area (TPSA) is 38.8 Å². The molecular formula is C10H20Cl4NO3P. The van der Waals surface area contributed by atoms with Crippen LogP contribution in [-0.4, -0.2) is 67.4 Å². The van der Waals surface area contributed by atoms with Crippen LogP contribution < -0.4 is 0 Å². The van der Waals surface area contributed by atoms with Gasteiger partial charge >= 0.3 is 7.60 Å². The second-order valence-electron chi connectivity index (χ2n) is 3.60. The molecule has 0 radical (unpaired) electrons. The van der Waals surface area contributed by atoms with Crippen molar-refractivity contribution in [1.82, 2.24) is 4.90 Å². The Morgan fingerprint density at radius 2 is 1.26 bits per heavy atom. The number of hydrogen-bond acceptors (Lipinski definition) is 4. The fourth-order valence-corrected chi connectivity index (χ4v) is 3.80. The lowest BCUT2D eigenvalue weighted by Gasteiger charge is -2.23. The van der Waals surface area contributed by atoms with Crippen LogP contribution in [0, 0.1) is 0 Å². The van der Waals surface area contributed by atoms with E-state index in [1.165, 1.54) is 0 Å². The normalized spacial score (nSPS) is 12.3. The molecule has 0 aliphatic carbocycles. The second-order valence-corrected chi connectivity index (χ2v) is 7.30. The SMILES string of the molecule is O=P(CCN(CCCl)CCCl)(OCCCl)OCCCl. The standard InChI is InChI=1S/C10H20Cl4NO3P/c11-1-5-15(6-2-12)7-10-19(16,17-8-3-13)18-9-4-14/h1-10H2. The fourth-order valence-electron chi connectivity index (χ4n) is 1.35. The van der Waals surface area contributed by atoms with Gasteiger partial charge in [0.15, 0.2) is 0 Å². The molecule has 0 N–H and O–H groups in total. The molecule has 0 saturated heterocycles. The van der Waals surface area contributed by atoms with Crippen molar-refractivity contribution in [1.29, 1.82) is 0 Å². The molecule has 0 aromatic carbocycles. The van der Waals surface area contributed by atoms with E-state index in [1.807, 2.05) is 4.90 Å². The summed E-state index contributed by atoms with van der Waals surface area (Å²) in [6.07, 6.45) is 0.272. The van der Waals surface area contributed by atoms with Crippen LogP contribution in [0.2, 0.25) is 0 Å². The molecule has 0 atom stereocenters. The summed E-state index contributed by atoms with van der Waals surface area (Å²) in [5.41, 5.74) is 0. The summed E-state index contributed by atoms with van der Waals surface area (Å²) < 4.78 is 22.9. The van der Waals surface area contributed by atoms with Crippen LogP contribution >= 0.6 is 54.0 Å². The van der Waals surface area contributed by atoms with Crippen molar-refractivity contribution in [3.05, 3.63) is 0 Å². The van der Waals surface area contributed by atoms with Crippen molar-refractivity contribution in [2.75, 3.05) is 62.5 Å². The lowest BCUT2D eigenvalue weighted by molar-refractivity contribution is 0.216. The van der Waals surface area contributed by atoms with E-state index >= 15 is 0 Å². The Morgan fingerprint density at radius 3 is 1.63 bits per heavy atom. The molecule has 0 aliphatic rings. The van der Waals surface area contributed by atoms with E-state index in [4.69, 9.17) is 55.5 Å². The zero-order valence-electron chi connectivity index (χ0n) is 10.7. The first-order chi connectivity index (χ1) is 9.11. The van der Waals surface area contributed by atoms with Gasteiger partial charge in [-0.05, 0) is 0 Å². The molecule has 0 saturated carbocycles. The van der Waals surface area contributed by atoms with Crippen molar-refractivity contribution in [2.24, 2.45) is 0 Å². The van der Waals surface area contributed by atoms with E-state index in [-0.39, 0.29) is 31.1 Å². The van der Waals surface area contributed by atoms with Crippen molar-refractivity contribution >= 4 is 54.0 Å². The van der Waals surface area contributed by atoms with Crippen LogP contribution in [0.25, 0.3) is 0 Å². The van der Waals surface area contributed by atoms with E-state index < -0.39 is 7.60 Å². The zero-order chi connectivity index (χ0) is 14.6. The Hall–Kier alpha value is 1.27. The van der Waals surface area contributed by atoms with E-state index in [1.54, 1.807) is 0 Å². The van der Waals surface area contributed by atoms with E-state index in [9.17, 15) is 4.57 Å². The molecular weight excluding hydrogens is 355 g/mol. The highest BCUT2D eigenvalue weighted by atomic mass is 35.5. The quantitative estimate of drug-likeness (QED) is 0.365. The highest BCUT2D eigenvalue weighted by Crippen LogP contribution is 2.47. The maximum atomic E-state index is 12.4. The van der Waals surface area contributed by atoms with Crippen LogP contribution in [0.1, 0.15) is 0 Å². The van der Waals surface area contributed by atoms with Crippen molar-refractivity contribution in [2.45, 2.75) is 0 Å². The Labute approximate surface area is 135 Å². The van der Waals surface area contributed by atoms with Gasteiger partial charge in [-0.25, -0.2) is 0 Å². The maximum absolute atomic E-state index is 12.4. The lowest BCUT2D eigenvalue weighted by atomic mass is 10.5. The molecule has 0 bridgehead atoms. The van der Waals surface area contributed by atoms with E-state index in [0.717, 1.165) is 0 Å². The molecule has 4 nitrogen and oxygen atoms in total. The van der Waals surface area contributed by atoms with Crippen LogP contribution in [0.15, 0.2) is 0 Å². The van der Waals surface area contributed by atoms with Gasteiger partial charge in [0.25, 0.3) is 0 Å².